The van der Waals surface area contributed by atoms with Crippen molar-refractivity contribution in [3.8, 4) is 6.07 Å². The van der Waals surface area contributed by atoms with Crippen LogP contribution in [0.5, 0.6) is 0 Å². The van der Waals surface area contributed by atoms with Crippen molar-refractivity contribution in [3.05, 3.63) is 29.8 Å². The predicted octanol–water partition coefficient (Wildman–Crippen LogP) is 1.19. The molecule has 3 rings (SSSR count). The summed E-state index contributed by atoms with van der Waals surface area (Å²) in [5.74, 6) is 0.220. The van der Waals surface area contributed by atoms with Crippen molar-refractivity contribution in [3.63, 3.8) is 0 Å². The van der Waals surface area contributed by atoms with Gasteiger partial charge in [0.15, 0.2) is 0 Å². The second kappa shape index (κ2) is 6.81. The molecule has 2 saturated heterocycles. The number of methoxy groups -OCH3 is 1. The van der Waals surface area contributed by atoms with Crippen LogP contribution < -0.4 is 5.32 Å². The first kappa shape index (κ1) is 17.4. The Morgan fingerprint density at radius 2 is 2.00 bits per heavy atom. The normalized spacial score (nSPS) is 24.1. The molecule has 0 saturated carbocycles. The lowest BCUT2D eigenvalue weighted by molar-refractivity contribution is 0.0718. The number of rotatable bonds is 4. The predicted molar refractivity (Wildman–Crippen MR) is 89.8 cm³/mol. The Hall–Kier alpha value is -1.46. The molecule has 130 valence electrons. The number of hydrogen-bond donors (Lipinski definition) is 1. The molecule has 2 aliphatic rings. The first-order chi connectivity index (χ1) is 11.5. The van der Waals surface area contributed by atoms with Crippen LogP contribution in [-0.2, 0) is 14.8 Å². The fourth-order valence-electron chi connectivity index (χ4n) is 3.94. The van der Waals surface area contributed by atoms with E-state index in [1.54, 1.807) is 23.5 Å². The minimum atomic E-state index is -3.54. The maximum atomic E-state index is 13.0. The standard InChI is InChI=1S/C17H23N3O3S/c1-23-12-15-11-20(13-17(15)6-8-19-9-7-17)24(21,22)16-4-2-14(10-18)3-5-16/h2-5,15,19H,6-9,11-13H2,1H3. The van der Waals surface area contributed by atoms with Crippen molar-refractivity contribution in [2.75, 3.05) is 39.9 Å². The highest BCUT2D eigenvalue weighted by Gasteiger charge is 2.50. The minimum absolute atomic E-state index is 0.000917. The summed E-state index contributed by atoms with van der Waals surface area (Å²) >= 11 is 0. The van der Waals surface area contributed by atoms with Gasteiger partial charge < -0.3 is 10.1 Å². The van der Waals surface area contributed by atoms with E-state index in [4.69, 9.17) is 10.00 Å². The molecular weight excluding hydrogens is 326 g/mol. The molecule has 2 fully saturated rings. The Balaban J connectivity index is 1.87. The first-order valence-corrected chi connectivity index (χ1v) is 9.66. The van der Waals surface area contributed by atoms with Gasteiger partial charge >= 0.3 is 0 Å². The van der Waals surface area contributed by atoms with Gasteiger partial charge in [-0.25, -0.2) is 8.42 Å². The zero-order valence-corrected chi connectivity index (χ0v) is 14.7. The Morgan fingerprint density at radius 3 is 2.58 bits per heavy atom. The average Bonchev–Trinajstić information content (AvgIpc) is 2.95. The highest BCUT2D eigenvalue weighted by atomic mass is 32.2. The summed E-state index contributed by atoms with van der Waals surface area (Å²) in [5.41, 5.74) is 0.462. The summed E-state index contributed by atoms with van der Waals surface area (Å²) in [7, 11) is -1.87. The van der Waals surface area contributed by atoms with E-state index in [0.717, 1.165) is 25.9 Å². The van der Waals surface area contributed by atoms with E-state index in [1.807, 2.05) is 6.07 Å². The lowest BCUT2D eigenvalue weighted by Gasteiger charge is -2.38. The average molecular weight is 349 g/mol. The summed E-state index contributed by atoms with van der Waals surface area (Å²) in [6.45, 7) is 3.47. The van der Waals surface area contributed by atoms with Gasteiger partial charge in [0.2, 0.25) is 10.0 Å². The van der Waals surface area contributed by atoms with E-state index in [2.05, 4.69) is 5.32 Å². The van der Waals surface area contributed by atoms with Crippen LogP contribution in [0.15, 0.2) is 29.2 Å². The molecule has 0 aliphatic carbocycles. The summed E-state index contributed by atoms with van der Waals surface area (Å²) in [4.78, 5) is 0.253. The highest BCUT2D eigenvalue weighted by molar-refractivity contribution is 7.89. The summed E-state index contributed by atoms with van der Waals surface area (Å²) in [6.07, 6.45) is 1.95. The van der Waals surface area contributed by atoms with Crippen LogP contribution >= 0.6 is 0 Å². The minimum Gasteiger partial charge on any atom is -0.384 e. The van der Waals surface area contributed by atoms with E-state index in [9.17, 15) is 8.42 Å². The third kappa shape index (κ3) is 3.07. The lowest BCUT2D eigenvalue weighted by Crippen LogP contribution is -2.43. The molecule has 24 heavy (non-hydrogen) atoms. The van der Waals surface area contributed by atoms with E-state index in [-0.39, 0.29) is 16.2 Å². The lowest BCUT2D eigenvalue weighted by atomic mass is 9.71. The number of benzene rings is 1. The highest BCUT2D eigenvalue weighted by Crippen LogP contribution is 2.45. The molecule has 1 unspecified atom stereocenters. The number of nitrogens with zero attached hydrogens (tertiary/aromatic N) is 2. The number of nitrogens with one attached hydrogen (secondary N) is 1. The molecule has 1 atom stereocenters. The molecule has 1 aromatic rings. The van der Waals surface area contributed by atoms with E-state index in [0.29, 0.717) is 25.3 Å². The van der Waals surface area contributed by atoms with Crippen molar-refractivity contribution >= 4 is 10.0 Å². The third-order valence-corrected chi connectivity index (χ3v) is 7.20. The summed E-state index contributed by atoms with van der Waals surface area (Å²) in [5, 5.41) is 12.2. The monoisotopic (exact) mass is 349 g/mol. The number of ether oxygens (including phenoxy) is 1. The van der Waals surface area contributed by atoms with Crippen LogP contribution in [0.1, 0.15) is 18.4 Å². The molecule has 0 bridgehead atoms. The van der Waals surface area contributed by atoms with Crippen molar-refractivity contribution in [2.45, 2.75) is 17.7 Å². The van der Waals surface area contributed by atoms with Crippen molar-refractivity contribution in [1.82, 2.24) is 9.62 Å². The fraction of sp³-hybridized carbons (Fsp3) is 0.588. The fourth-order valence-corrected chi connectivity index (χ4v) is 5.52. The molecule has 0 aromatic heterocycles. The maximum absolute atomic E-state index is 13.0. The zero-order chi connectivity index (χ0) is 17.2. The van der Waals surface area contributed by atoms with Gasteiger partial charge in [0.05, 0.1) is 23.1 Å². The van der Waals surface area contributed by atoms with Gasteiger partial charge in [0, 0.05) is 26.1 Å². The van der Waals surface area contributed by atoms with Gasteiger partial charge in [-0.1, -0.05) is 0 Å². The summed E-state index contributed by atoms with van der Waals surface area (Å²) < 4.78 is 33.0. The smallest absolute Gasteiger partial charge is 0.243 e. The SMILES string of the molecule is COCC1CN(S(=O)(=O)c2ccc(C#N)cc2)CC12CCNCC2. The number of sulfonamides is 1. The van der Waals surface area contributed by atoms with Gasteiger partial charge in [-0.05, 0) is 55.6 Å². The molecule has 0 radical (unpaired) electrons. The van der Waals surface area contributed by atoms with Crippen LogP contribution in [0.2, 0.25) is 0 Å². The molecule has 1 spiro atoms. The Morgan fingerprint density at radius 1 is 1.33 bits per heavy atom. The van der Waals surface area contributed by atoms with Gasteiger partial charge in [0.25, 0.3) is 0 Å². The molecule has 6 nitrogen and oxygen atoms in total. The number of piperidine rings is 1. The van der Waals surface area contributed by atoms with E-state index < -0.39 is 10.0 Å². The molecule has 1 aromatic carbocycles. The Bertz CT molecular complexity index is 718. The van der Waals surface area contributed by atoms with Crippen LogP contribution in [0.3, 0.4) is 0 Å². The zero-order valence-electron chi connectivity index (χ0n) is 13.9. The van der Waals surface area contributed by atoms with Gasteiger partial charge in [0.1, 0.15) is 0 Å². The van der Waals surface area contributed by atoms with Crippen molar-refractivity contribution in [2.24, 2.45) is 11.3 Å². The van der Waals surface area contributed by atoms with Crippen LogP contribution in [0.4, 0.5) is 0 Å². The van der Waals surface area contributed by atoms with Gasteiger partial charge in [-0.15, -0.1) is 0 Å². The van der Waals surface area contributed by atoms with Gasteiger partial charge in [-0.2, -0.15) is 9.57 Å². The Labute approximate surface area is 143 Å². The van der Waals surface area contributed by atoms with Crippen LogP contribution in [-0.4, -0.2) is 52.6 Å². The molecule has 0 amide bonds. The number of hydrogen-bond acceptors (Lipinski definition) is 5. The molecular formula is C17H23N3O3S. The Kier molecular flexibility index (Phi) is 4.92. The van der Waals surface area contributed by atoms with Gasteiger partial charge in [-0.3, -0.25) is 0 Å². The van der Waals surface area contributed by atoms with Crippen LogP contribution in [0, 0.1) is 22.7 Å². The number of nitriles is 1. The maximum Gasteiger partial charge on any atom is 0.243 e. The van der Waals surface area contributed by atoms with E-state index in [1.165, 1.54) is 12.1 Å². The molecule has 7 heteroatoms. The molecule has 2 heterocycles. The largest absolute Gasteiger partial charge is 0.384 e. The first-order valence-electron chi connectivity index (χ1n) is 8.22. The second-order valence-corrected chi connectivity index (χ2v) is 8.64. The van der Waals surface area contributed by atoms with Crippen molar-refractivity contribution in [1.29, 1.82) is 5.26 Å². The quantitative estimate of drug-likeness (QED) is 0.883. The summed E-state index contributed by atoms with van der Waals surface area (Å²) in [6, 6.07) is 8.16. The third-order valence-electron chi connectivity index (χ3n) is 5.37. The molecule has 2 aliphatic heterocycles. The van der Waals surface area contributed by atoms with E-state index >= 15 is 0 Å². The molecule has 1 N–H and O–H groups in total. The topological polar surface area (TPSA) is 82.4 Å². The van der Waals surface area contributed by atoms with Crippen LogP contribution in [0.25, 0.3) is 0 Å². The van der Waals surface area contributed by atoms with Crippen molar-refractivity contribution < 1.29 is 13.2 Å². The second-order valence-electron chi connectivity index (χ2n) is 6.70.